The minimum Gasteiger partial charge on any atom is -0.301 e. The standard InChI is InChI=1S/C10H23NS2/c1-4-9(12)7-11(6-3)8-10(13)5-2/h9-10,12-13H,4-8H2,1-3H3. The van der Waals surface area contributed by atoms with Gasteiger partial charge in [-0.1, -0.05) is 20.8 Å². The zero-order chi connectivity index (χ0) is 10.3. The molecule has 2 atom stereocenters. The molecule has 0 N–H and O–H groups in total. The van der Waals surface area contributed by atoms with Crippen LogP contribution in [0.1, 0.15) is 33.6 Å². The average molecular weight is 221 g/mol. The third-order valence-corrected chi connectivity index (χ3v) is 3.38. The molecule has 0 spiro atoms. The normalized spacial score (nSPS) is 16.2. The Kier molecular flexibility index (Phi) is 8.42. The van der Waals surface area contributed by atoms with Crippen LogP contribution in [-0.4, -0.2) is 35.0 Å². The summed E-state index contributed by atoms with van der Waals surface area (Å²) in [6, 6.07) is 0. The van der Waals surface area contributed by atoms with Gasteiger partial charge in [-0.2, -0.15) is 25.3 Å². The summed E-state index contributed by atoms with van der Waals surface area (Å²) in [5.41, 5.74) is 0. The van der Waals surface area contributed by atoms with Crippen LogP contribution in [0.15, 0.2) is 0 Å². The first-order valence-corrected chi connectivity index (χ1v) is 6.25. The Bertz CT molecular complexity index is 107. The maximum Gasteiger partial charge on any atom is 0.0142 e. The highest BCUT2D eigenvalue weighted by Gasteiger charge is 2.10. The van der Waals surface area contributed by atoms with Crippen LogP contribution in [0.25, 0.3) is 0 Å². The zero-order valence-corrected chi connectivity index (χ0v) is 10.8. The van der Waals surface area contributed by atoms with Gasteiger partial charge in [-0.25, -0.2) is 0 Å². The third-order valence-electron chi connectivity index (χ3n) is 2.33. The average Bonchev–Trinajstić information content (AvgIpc) is 2.16. The number of hydrogen-bond donors (Lipinski definition) is 2. The summed E-state index contributed by atoms with van der Waals surface area (Å²) in [6.07, 6.45) is 2.28. The predicted molar refractivity (Wildman–Crippen MR) is 68.2 cm³/mol. The van der Waals surface area contributed by atoms with Gasteiger partial charge in [-0.3, -0.25) is 0 Å². The number of rotatable bonds is 7. The lowest BCUT2D eigenvalue weighted by Gasteiger charge is -2.25. The van der Waals surface area contributed by atoms with Gasteiger partial charge in [-0.05, 0) is 19.4 Å². The van der Waals surface area contributed by atoms with Crippen molar-refractivity contribution < 1.29 is 0 Å². The van der Waals surface area contributed by atoms with Crippen LogP contribution < -0.4 is 0 Å². The molecule has 0 fully saturated rings. The van der Waals surface area contributed by atoms with Crippen LogP contribution in [0.2, 0.25) is 0 Å². The second-order valence-electron chi connectivity index (χ2n) is 3.48. The first-order chi connectivity index (χ1) is 6.13. The van der Waals surface area contributed by atoms with E-state index in [1.807, 2.05) is 0 Å². The SMILES string of the molecule is CCC(S)CN(CC)CC(S)CC. The Labute approximate surface area is 94.1 Å². The molecular weight excluding hydrogens is 198 g/mol. The minimum absolute atomic E-state index is 0.511. The Morgan fingerprint density at radius 1 is 0.923 bits per heavy atom. The molecule has 0 radical (unpaired) electrons. The predicted octanol–water partition coefficient (Wildman–Crippen LogP) is 2.73. The summed E-state index contributed by atoms with van der Waals surface area (Å²) < 4.78 is 0. The fourth-order valence-corrected chi connectivity index (χ4v) is 1.65. The monoisotopic (exact) mass is 221 g/mol. The van der Waals surface area contributed by atoms with Crippen LogP contribution in [0.4, 0.5) is 0 Å². The second-order valence-corrected chi connectivity index (χ2v) is 4.94. The third kappa shape index (κ3) is 6.69. The molecule has 0 aliphatic rings. The lowest BCUT2D eigenvalue weighted by Crippen LogP contribution is -2.34. The molecule has 0 saturated carbocycles. The van der Waals surface area contributed by atoms with E-state index in [4.69, 9.17) is 0 Å². The molecule has 1 nitrogen and oxygen atoms in total. The highest BCUT2D eigenvalue weighted by Crippen LogP contribution is 2.08. The molecule has 0 bridgehead atoms. The van der Waals surface area contributed by atoms with Gasteiger partial charge in [0.1, 0.15) is 0 Å². The summed E-state index contributed by atoms with van der Waals surface area (Å²) in [5, 5.41) is 1.02. The van der Waals surface area contributed by atoms with Crippen LogP contribution in [0.5, 0.6) is 0 Å². The van der Waals surface area contributed by atoms with Crippen molar-refractivity contribution >= 4 is 25.3 Å². The van der Waals surface area contributed by atoms with Crippen LogP contribution in [0, 0.1) is 0 Å². The summed E-state index contributed by atoms with van der Waals surface area (Å²) in [4.78, 5) is 2.43. The van der Waals surface area contributed by atoms with Crippen LogP contribution in [0.3, 0.4) is 0 Å². The van der Waals surface area contributed by atoms with Crippen LogP contribution in [-0.2, 0) is 0 Å². The molecular formula is C10H23NS2. The molecule has 0 saturated heterocycles. The van der Waals surface area contributed by atoms with Crippen molar-refractivity contribution in [1.29, 1.82) is 0 Å². The molecule has 0 aromatic rings. The molecule has 80 valence electrons. The van der Waals surface area contributed by atoms with Gasteiger partial charge < -0.3 is 4.90 Å². The van der Waals surface area contributed by atoms with Gasteiger partial charge in [-0.15, -0.1) is 0 Å². The van der Waals surface area contributed by atoms with E-state index in [0.717, 1.165) is 32.5 Å². The topological polar surface area (TPSA) is 3.24 Å². The summed E-state index contributed by atoms with van der Waals surface area (Å²) in [7, 11) is 0. The lowest BCUT2D eigenvalue weighted by molar-refractivity contribution is 0.287. The molecule has 3 heteroatoms. The summed E-state index contributed by atoms with van der Waals surface area (Å²) >= 11 is 9.02. The van der Waals surface area contributed by atoms with Crippen molar-refractivity contribution in [3.05, 3.63) is 0 Å². The van der Waals surface area contributed by atoms with E-state index in [-0.39, 0.29) is 0 Å². The van der Waals surface area contributed by atoms with Gasteiger partial charge in [0.15, 0.2) is 0 Å². The van der Waals surface area contributed by atoms with Crippen LogP contribution >= 0.6 is 25.3 Å². The van der Waals surface area contributed by atoms with E-state index in [1.54, 1.807) is 0 Å². The largest absolute Gasteiger partial charge is 0.301 e. The maximum absolute atomic E-state index is 4.51. The summed E-state index contributed by atoms with van der Waals surface area (Å²) in [5.74, 6) is 0. The number of hydrogen-bond acceptors (Lipinski definition) is 3. The molecule has 0 aliphatic carbocycles. The molecule has 0 amide bonds. The van der Waals surface area contributed by atoms with Gasteiger partial charge in [0, 0.05) is 23.6 Å². The van der Waals surface area contributed by atoms with Crippen molar-refractivity contribution in [2.45, 2.75) is 44.1 Å². The quantitative estimate of drug-likeness (QED) is 0.625. The van der Waals surface area contributed by atoms with E-state index >= 15 is 0 Å². The number of nitrogens with zero attached hydrogens (tertiary/aromatic N) is 1. The molecule has 0 aromatic heterocycles. The van der Waals surface area contributed by atoms with E-state index in [1.165, 1.54) is 0 Å². The van der Waals surface area contributed by atoms with E-state index < -0.39 is 0 Å². The lowest BCUT2D eigenvalue weighted by atomic mass is 10.2. The fourth-order valence-electron chi connectivity index (χ4n) is 1.19. The van der Waals surface area contributed by atoms with Crippen molar-refractivity contribution in [3.8, 4) is 0 Å². The number of thiol groups is 2. The molecule has 2 unspecified atom stereocenters. The van der Waals surface area contributed by atoms with Gasteiger partial charge in [0.2, 0.25) is 0 Å². The Morgan fingerprint density at radius 3 is 1.54 bits per heavy atom. The van der Waals surface area contributed by atoms with E-state index in [9.17, 15) is 0 Å². The minimum atomic E-state index is 0.511. The first-order valence-electron chi connectivity index (χ1n) is 5.22. The molecule has 0 rings (SSSR count). The first kappa shape index (κ1) is 13.7. The highest BCUT2D eigenvalue weighted by atomic mass is 32.1. The van der Waals surface area contributed by atoms with Crippen molar-refractivity contribution in [1.82, 2.24) is 4.90 Å². The zero-order valence-electron chi connectivity index (χ0n) is 9.03. The fraction of sp³-hybridized carbons (Fsp3) is 1.00. The molecule has 13 heavy (non-hydrogen) atoms. The smallest absolute Gasteiger partial charge is 0.0142 e. The summed E-state index contributed by atoms with van der Waals surface area (Å²) in [6.45, 7) is 9.85. The van der Waals surface area contributed by atoms with Crippen molar-refractivity contribution in [3.63, 3.8) is 0 Å². The Hall–Kier alpha value is 0.660. The maximum atomic E-state index is 4.51. The highest BCUT2D eigenvalue weighted by molar-refractivity contribution is 7.81. The van der Waals surface area contributed by atoms with Crippen molar-refractivity contribution in [2.24, 2.45) is 0 Å². The van der Waals surface area contributed by atoms with Gasteiger partial charge >= 0.3 is 0 Å². The van der Waals surface area contributed by atoms with Gasteiger partial charge in [0.05, 0.1) is 0 Å². The van der Waals surface area contributed by atoms with Crippen molar-refractivity contribution in [2.75, 3.05) is 19.6 Å². The van der Waals surface area contributed by atoms with E-state index in [0.29, 0.717) is 10.5 Å². The Morgan fingerprint density at radius 2 is 1.31 bits per heavy atom. The second kappa shape index (κ2) is 8.01. The van der Waals surface area contributed by atoms with Gasteiger partial charge in [0.25, 0.3) is 0 Å². The Balaban J connectivity index is 3.74. The molecule has 0 heterocycles. The molecule has 0 aliphatic heterocycles. The molecule has 0 aromatic carbocycles. The van der Waals surface area contributed by atoms with E-state index in [2.05, 4.69) is 50.9 Å².